The SMILES string of the molecule is CCCOc1cc(NCC2Cc3ccccc32)ccc1N. The van der Waals surface area contributed by atoms with Crippen LogP contribution in [-0.4, -0.2) is 13.2 Å². The fourth-order valence-electron chi connectivity index (χ4n) is 2.77. The van der Waals surface area contributed by atoms with Gasteiger partial charge in [-0.05, 0) is 36.1 Å². The molecule has 0 fully saturated rings. The smallest absolute Gasteiger partial charge is 0.144 e. The number of rotatable bonds is 6. The molecule has 0 aliphatic heterocycles. The number of hydrogen-bond acceptors (Lipinski definition) is 3. The first kappa shape index (κ1) is 13.8. The molecule has 2 aromatic rings. The Balaban J connectivity index is 1.61. The maximum Gasteiger partial charge on any atom is 0.144 e. The Labute approximate surface area is 126 Å². The van der Waals surface area contributed by atoms with E-state index >= 15 is 0 Å². The zero-order valence-electron chi connectivity index (χ0n) is 12.4. The molecule has 1 atom stereocenters. The van der Waals surface area contributed by atoms with Gasteiger partial charge in [-0.1, -0.05) is 31.2 Å². The minimum absolute atomic E-state index is 0.610. The molecule has 2 aromatic carbocycles. The van der Waals surface area contributed by atoms with Gasteiger partial charge in [0.2, 0.25) is 0 Å². The lowest BCUT2D eigenvalue weighted by Crippen LogP contribution is -2.24. The van der Waals surface area contributed by atoms with E-state index in [2.05, 4.69) is 36.5 Å². The van der Waals surface area contributed by atoms with Crippen LogP contribution >= 0.6 is 0 Å². The van der Waals surface area contributed by atoms with Gasteiger partial charge in [-0.2, -0.15) is 0 Å². The Hall–Kier alpha value is -2.16. The number of anilines is 2. The second kappa shape index (κ2) is 6.08. The molecule has 0 radical (unpaired) electrons. The molecule has 0 aromatic heterocycles. The highest BCUT2D eigenvalue weighted by Gasteiger charge is 2.24. The van der Waals surface area contributed by atoms with E-state index in [4.69, 9.17) is 10.5 Å². The summed E-state index contributed by atoms with van der Waals surface area (Å²) < 4.78 is 5.66. The minimum Gasteiger partial charge on any atom is -0.491 e. The van der Waals surface area contributed by atoms with Crippen molar-refractivity contribution in [2.24, 2.45) is 0 Å². The first-order valence-corrected chi connectivity index (χ1v) is 7.62. The number of hydrogen-bond donors (Lipinski definition) is 2. The number of fused-ring (bicyclic) bond motifs is 1. The van der Waals surface area contributed by atoms with Crippen molar-refractivity contribution < 1.29 is 4.74 Å². The zero-order valence-corrected chi connectivity index (χ0v) is 12.4. The van der Waals surface area contributed by atoms with Crippen molar-refractivity contribution in [2.75, 3.05) is 24.2 Å². The minimum atomic E-state index is 0.610. The lowest BCUT2D eigenvalue weighted by molar-refractivity contribution is 0.319. The summed E-state index contributed by atoms with van der Waals surface area (Å²) in [5.41, 5.74) is 10.7. The van der Waals surface area contributed by atoms with Crippen molar-refractivity contribution >= 4 is 11.4 Å². The molecule has 110 valence electrons. The van der Waals surface area contributed by atoms with E-state index < -0.39 is 0 Å². The molecule has 0 heterocycles. The first-order chi connectivity index (χ1) is 10.3. The van der Waals surface area contributed by atoms with Gasteiger partial charge >= 0.3 is 0 Å². The summed E-state index contributed by atoms with van der Waals surface area (Å²) in [5.74, 6) is 1.38. The number of ether oxygens (including phenoxy) is 1. The van der Waals surface area contributed by atoms with E-state index in [1.54, 1.807) is 0 Å². The van der Waals surface area contributed by atoms with Gasteiger partial charge in [0.25, 0.3) is 0 Å². The number of nitrogens with one attached hydrogen (secondary N) is 1. The van der Waals surface area contributed by atoms with E-state index in [0.29, 0.717) is 18.2 Å². The highest BCUT2D eigenvalue weighted by Crippen LogP contribution is 2.35. The van der Waals surface area contributed by atoms with Crippen molar-refractivity contribution in [3.8, 4) is 5.75 Å². The summed E-state index contributed by atoms with van der Waals surface area (Å²) >= 11 is 0. The zero-order chi connectivity index (χ0) is 14.7. The van der Waals surface area contributed by atoms with Crippen LogP contribution in [0.4, 0.5) is 11.4 Å². The van der Waals surface area contributed by atoms with Crippen LogP contribution in [0.3, 0.4) is 0 Å². The van der Waals surface area contributed by atoms with Gasteiger partial charge in [0.15, 0.2) is 0 Å². The van der Waals surface area contributed by atoms with E-state index in [9.17, 15) is 0 Å². The summed E-state index contributed by atoms with van der Waals surface area (Å²) in [6.45, 7) is 3.74. The summed E-state index contributed by atoms with van der Waals surface area (Å²) in [5, 5.41) is 3.50. The normalized spacial score (nSPS) is 16.0. The van der Waals surface area contributed by atoms with Crippen LogP contribution in [0, 0.1) is 0 Å². The van der Waals surface area contributed by atoms with Gasteiger partial charge in [0, 0.05) is 24.2 Å². The van der Waals surface area contributed by atoms with E-state index in [1.165, 1.54) is 11.1 Å². The summed E-state index contributed by atoms with van der Waals surface area (Å²) in [4.78, 5) is 0. The molecule has 1 unspecified atom stereocenters. The van der Waals surface area contributed by atoms with Crippen LogP contribution in [0.1, 0.15) is 30.4 Å². The third kappa shape index (κ3) is 2.97. The van der Waals surface area contributed by atoms with Crippen LogP contribution in [-0.2, 0) is 6.42 Å². The topological polar surface area (TPSA) is 47.3 Å². The third-order valence-electron chi connectivity index (χ3n) is 3.99. The second-order valence-electron chi connectivity index (χ2n) is 5.58. The van der Waals surface area contributed by atoms with Crippen molar-refractivity contribution in [2.45, 2.75) is 25.7 Å². The summed E-state index contributed by atoms with van der Waals surface area (Å²) in [6.07, 6.45) is 2.15. The Morgan fingerprint density at radius 1 is 1.24 bits per heavy atom. The molecule has 0 saturated carbocycles. The summed E-state index contributed by atoms with van der Waals surface area (Å²) in [6, 6.07) is 14.6. The van der Waals surface area contributed by atoms with Crippen LogP contribution in [0.2, 0.25) is 0 Å². The molecule has 1 aliphatic rings. The molecule has 0 bridgehead atoms. The van der Waals surface area contributed by atoms with Gasteiger partial charge in [0.1, 0.15) is 5.75 Å². The molecule has 3 N–H and O–H groups in total. The molecular weight excluding hydrogens is 260 g/mol. The molecular formula is C18H22N2O. The van der Waals surface area contributed by atoms with Gasteiger partial charge in [-0.15, -0.1) is 0 Å². The first-order valence-electron chi connectivity index (χ1n) is 7.62. The molecule has 3 rings (SSSR count). The predicted molar refractivity (Wildman–Crippen MR) is 88.0 cm³/mol. The molecule has 0 spiro atoms. The highest BCUT2D eigenvalue weighted by molar-refractivity contribution is 5.61. The quantitative estimate of drug-likeness (QED) is 0.792. The Kier molecular flexibility index (Phi) is 4.00. The van der Waals surface area contributed by atoms with Gasteiger partial charge < -0.3 is 15.8 Å². The van der Waals surface area contributed by atoms with Crippen molar-refractivity contribution in [1.29, 1.82) is 0 Å². The lowest BCUT2D eigenvalue weighted by atomic mass is 9.77. The average Bonchev–Trinajstić information content (AvgIpc) is 2.48. The molecule has 1 aliphatic carbocycles. The van der Waals surface area contributed by atoms with E-state index in [0.717, 1.165) is 30.8 Å². The van der Waals surface area contributed by atoms with Crippen molar-refractivity contribution in [3.05, 3.63) is 53.6 Å². The van der Waals surface area contributed by atoms with Gasteiger partial charge in [-0.25, -0.2) is 0 Å². The van der Waals surface area contributed by atoms with Crippen LogP contribution < -0.4 is 15.8 Å². The standard InChI is InChI=1S/C18H22N2O/c1-2-9-21-18-11-15(7-8-17(18)19)20-12-14-10-13-5-3-4-6-16(13)14/h3-8,11,14,20H,2,9-10,12,19H2,1H3. The van der Waals surface area contributed by atoms with Gasteiger partial charge in [0.05, 0.1) is 12.3 Å². The lowest BCUT2D eigenvalue weighted by Gasteiger charge is -2.30. The van der Waals surface area contributed by atoms with Crippen LogP contribution in [0.25, 0.3) is 0 Å². The Bertz CT molecular complexity index is 624. The second-order valence-corrected chi connectivity index (χ2v) is 5.58. The van der Waals surface area contributed by atoms with Crippen molar-refractivity contribution in [1.82, 2.24) is 0 Å². The fourth-order valence-corrected chi connectivity index (χ4v) is 2.77. The monoisotopic (exact) mass is 282 g/mol. The molecule has 0 saturated heterocycles. The number of nitrogen functional groups attached to an aromatic ring is 1. The number of benzene rings is 2. The molecule has 0 amide bonds. The van der Waals surface area contributed by atoms with Gasteiger partial charge in [-0.3, -0.25) is 0 Å². The highest BCUT2D eigenvalue weighted by atomic mass is 16.5. The largest absolute Gasteiger partial charge is 0.491 e. The molecule has 21 heavy (non-hydrogen) atoms. The molecule has 3 heteroatoms. The van der Waals surface area contributed by atoms with Crippen LogP contribution in [0.5, 0.6) is 5.75 Å². The predicted octanol–water partition coefficient (Wildman–Crippen LogP) is 3.81. The maximum absolute atomic E-state index is 5.93. The molecule has 3 nitrogen and oxygen atoms in total. The average molecular weight is 282 g/mol. The third-order valence-corrected chi connectivity index (χ3v) is 3.99. The Morgan fingerprint density at radius 3 is 2.90 bits per heavy atom. The van der Waals surface area contributed by atoms with Crippen molar-refractivity contribution in [3.63, 3.8) is 0 Å². The van der Waals surface area contributed by atoms with E-state index in [-0.39, 0.29) is 0 Å². The Morgan fingerprint density at radius 2 is 2.10 bits per heavy atom. The maximum atomic E-state index is 5.93. The summed E-state index contributed by atoms with van der Waals surface area (Å²) in [7, 11) is 0. The number of nitrogens with two attached hydrogens (primary N) is 1. The van der Waals surface area contributed by atoms with E-state index in [1.807, 2.05) is 18.2 Å². The fraction of sp³-hybridized carbons (Fsp3) is 0.333. The van der Waals surface area contributed by atoms with Crippen LogP contribution in [0.15, 0.2) is 42.5 Å².